The highest BCUT2D eigenvalue weighted by molar-refractivity contribution is 5.96. The largest absolute Gasteiger partial charge is 0.460 e. The van der Waals surface area contributed by atoms with Gasteiger partial charge in [0.25, 0.3) is 0 Å². The second kappa shape index (κ2) is 5.04. The summed E-state index contributed by atoms with van der Waals surface area (Å²) in [6.07, 6.45) is 1.79. The number of para-hydroxylation sites is 1. The lowest BCUT2D eigenvalue weighted by molar-refractivity contribution is 0.0491. The van der Waals surface area contributed by atoms with Crippen LogP contribution < -0.4 is 0 Å². The van der Waals surface area contributed by atoms with Crippen molar-refractivity contribution in [1.29, 1.82) is 0 Å². The van der Waals surface area contributed by atoms with Gasteiger partial charge in [0.1, 0.15) is 5.58 Å². The maximum atomic E-state index is 11.8. The van der Waals surface area contributed by atoms with Gasteiger partial charge in [0.15, 0.2) is 0 Å². The average molecular weight is 232 g/mol. The minimum atomic E-state index is -0.368. The second-order valence-electron chi connectivity index (χ2n) is 3.88. The standard InChI is InChI=1S/C14H16O3/c1-3-7-11-10-8-5-6-9-12(10)17-13(11)14(15)16-4-2/h5-6,8-9H,3-4,7H2,1-2H3. The van der Waals surface area contributed by atoms with Crippen molar-refractivity contribution >= 4 is 16.9 Å². The number of carbonyl (C=O) groups excluding carboxylic acids is 1. The number of carbonyl (C=O) groups is 1. The molecule has 0 spiro atoms. The van der Waals surface area contributed by atoms with Gasteiger partial charge in [-0.2, -0.15) is 0 Å². The summed E-state index contributed by atoms with van der Waals surface area (Å²) in [5, 5.41) is 1.01. The molecular formula is C14H16O3. The van der Waals surface area contributed by atoms with Gasteiger partial charge in [-0.25, -0.2) is 4.79 Å². The van der Waals surface area contributed by atoms with Crippen LogP contribution in [-0.4, -0.2) is 12.6 Å². The van der Waals surface area contributed by atoms with Gasteiger partial charge in [-0.05, 0) is 19.4 Å². The van der Waals surface area contributed by atoms with Gasteiger partial charge >= 0.3 is 5.97 Å². The molecule has 90 valence electrons. The summed E-state index contributed by atoms with van der Waals surface area (Å²) >= 11 is 0. The topological polar surface area (TPSA) is 39.4 Å². The molecule has 0 aliphatic carbocycles. The zero-order valence-corrected chi connectivity index (χ0v) is 10.2. The smallest absolute Gasteiger partial charge is 0.374 e. The van der Waals surface area contributed by atoms with Gasteiger partial charge in [0.2, 0.25) is 5.76 Å². The lowest BCUT2D eigenvalue weighted by Gasteiger charge is -2.01. The molecule has 0 unspecified atom stereocenters. The molecule has 0 saturated carbocycles. The number of aryl methyl sites for hydroxylation is 1. The molecule has 1 heterocycles. The van der Waals surface area contributed by atoms with Gasteiger partial charge in [-0.3, -0.25) is 0 Å². The molecule has 1 aromatic heterocycles. The first-order chi connectivity index (χ1) is 8.27. The van der Waals surface area contributed by atoms with E-state index in [1.807, 2.05) is 24.3 Å². The Kier molecular flexibility index (Phi) is 3.47. The Morgan fingerprint density at radius 1 is 1.29 bits per heavy atom. The van der Waals surface area contributed by atoms with Gasteiger partial charge < -0.3 is 9.15 Å². The molecule has 0 N–H and O–H groups in total. The molecule has 1 aromatic carbocycles. The third kappa shape index (κ3) is 2.18. The van der Waals surface area contributed by atoms with E-state index < -0.39 is 0 Å². The average Bonchev–Trinajstić information content (AvgIpc) is 2.70. The summed E-state index contributed by atoms with van der Waals surface area (Å²) in [6.45, 7) is 4.23. The fourth-order valence-corrected chi connectivity index (χ4v) is 1.96. The fourth-order valence-electron chi connectivity index (χ4n) is 1.96. The van der Waals surface area contributed by atoms with E-state index in [-0.39, 0.29) is 5.97 Å². The zero-order chi connectivity index (χ0) is 12.3. The first-order valence-electron chi connectivity index (χ1n) is 5.95. The molecular weight excluding hydrogens is 216 g/mol. The van der Waals surface area contributed by atoms with Crippen LogP contribution in [-0.2, 0) is 11.2 Å². The second-order valence-corrected chi connectivity index (χ2v) is 3.88. The van der Waals surface area contributed by atoms with Gasteiger partial charge in [0.05, 0.1) is 6.61 Å². The van der Waals surface area contributed by atoms with Crippen LogP contribution >= 0.6 is 0 Å². The van der Waals surface area contributed by atoms with Crippen molar-refractivity contribution in [2.45, 2.75) is 26.7 Å². The fraction of sp³-hybridized carbons (Fsp3) is 0.357. The van der Waals surface area contributed by atoms with Crippen LogP contribution in [0.5, 0.6) is 0 Å². The van der Waals surface area contributed by atoms with Gasteiger partial charge in [0, 0.05) is 10.9 Å². The van der Waals surface area contributed by atoms with Crippen molar-refractivity contribution in [2.24, 2.45) is 0 Å². The number of hydrogen-bond donors (Lipinski definition) is 0. The number of esters is 1. The molecule has 17 heavy (non-hydrogen) atoms. The number of hydrogen-bond acceptors (Lipinski definition) is 3. The zero-order valence-electron chi connectivity index (χ0n) is 10.2. The molecule has 3 heteroatoms. The van der Waals surface area contributed by atoms with Crippen LogP contribution in [0.25, 0.3) is 11.0 Å². The molecule has 2 aromatic rings. The summed E-state index contributed by atoms with van der Waals surface area (Å²) in [5.74, 6) is -0.0120. The van der Waals surface area contributed by atoms with Crippen LogP contribution in [0.3, 0.4) is 0 Å². The van der Waals surface area contributed by atoms with Crippen LogP contribution in [0.2, 0.25) is 0 Å². The summed E-state index contributed by atoms with van der Waals surface area (Å²) in [4.78, 5) is 11.8. The third-order valence-corrected chi connectivity index (χ3v) is 2.66. The summed E-state index contributed by atoms with van der Waals surface area (Å²) < 4.78 is 10.6. The first-order valence-corrected chi connectivity index (χ1v) is 5.95. The highest BCUT2D eigenvalue weighted by atomic mass is 16.5. The minimum absolute atomic E-state index is 0.356. The van der Waals surface area contributed by atoms with E-state index >= 15 is 0 Å². The van der Waals surface area contributed by atoms with E-state index in [1.165, 1.54) is 0 Å². The Labute approximate surface area is 100 Å². The molecule has 0 atom stereocenters. The summed E-state index contributed by atoms with van der Waals surface area (Å²) in [7, 11) is 0. The maximum absolute atomic E-state index is 11.8. The SMILES string of the molecule is CCCc1c(C(=O)OCC)oc2ccccc12. The number of rotatable bonds is 4. The normalized spacial score (nSPS) is 10.7. The molecule has 2 rings (SSSR count). The Bertz CT molecular complexity index is 525. The van der Waals surface area contributed by atoms with Crippen molar-refractivity contribution in [3.8, 4) is 0 Å². The van der Waals surface area contributed by atoms with E-state index in [4.69, 9.17) is 9.15 Å². The van der Waals surface area contributed by atoms with E-state index in [0.29, 0.717) is 12.4 Å². The number of ether oxygens (including phenoxy) is 1. The van der Waals surface area contributed by atoms with E-state index in [1.54, 1.807) is 6.92 Å². The summed E-state index contributed by atoms with van der Waals surface area (Å²) in [5.41, 5.74) is 1.71. The number of benzene rings is 1. The predicted octanol–water partition coefficient (Wildman–Crippen LogP) is 3.56. The maximum Gasteiger partial charge on any atom is 0.374 e. The Hall–Kier alpha value is -1.77. The van der Waals surface area contributed by atoms with Crippen molar-refractivity contribution in [1.82, 2.24) is 0 Å². The van der Waals surface area contributed by atoms with Crippen molar-refractivity contribution in [3.05, 3.63) is 35.6 Å². The van der Waals surface area contributed by atoms with E-state index in [9.17, 15) is 4.79 Å². The first kappa shape index (κ1) is 11.7. The highest BCUT2D eigenvalue weighted by Crippen LogP contribution is 2.27. The quantitative estimate of drug-likeness (QED) is 0.756. The van der Waals surface area contributed by atoms with Crippen LogP contribution in [0.4, 0.5) is 0 Å². The van der Waals surface area contributed by atoms with Crippen molar-refractivity contribution in [2.75, 3.05) is 6.61 Å². The minimum Gasteiger partial charge on any atom is -0.460 e. The predicted molar refractivity (Wildman–Crippen MR) is 66.2 cm³/mol. The van der Waals surface area contributed by atoms with Crippen LogP contribution in [0, 0.1) is 0 Å². The highest BCUT2D eigenvalue weighted by Gasteiger charge is 2.20. The molecule has 3 nitrogen and oxygen atoms in total. The van der Waals surface area contributed by atoms with Crippen LogP contribution in [0.1, 0.15) is 36.4 Å². The molecule has 0 aliphatic heterocycles. The molecule has 0 fully saturated rings. The number of furan rings is 1. The van der Waals surface area contributed by atoms with Crippen molar-refractivity contribution < 1.29 is 13.9 Å². The van der Waals surface area contributed by atoms with E-state index in [0.717, 1.165) is 29.4 Å². The molecule has 0 amide bonds. The van der Waals surface area contributed by atoms with Gasteiger partial charge in [-0.15, -0.1) is 0 Å². The van der Waals surface area contributed by atoms with Crippen LogP contribution in [0.15, 0.2) is 28.7 Å². The lowest BCUT2D eigenvalue weighted by Crippen LogP contribution is -2.06. The Morgan fingerprint density at radius 3 is 2.76 bits per heavy atom. The Balaban J connectivity index is 2.53. The lowest BCUT2D eigenvalue weighted by atomic mass is 10.1. The molecule has 0 bridgehead atoms. The number of fused-ring (bicyclic) bond motifs is 1. The van der Waals surface area contributed by atoms with Gasteiger partial charge in [-0.1, -0.05) is 31.5 Å². The third-order valence-electron chi connectivity index (χ3n) is 2.66. The molecule has 0 aliphatic rings. The van der Waals surface area contributed by atoms with E-state index in [2.05, 4.69) is 6.92 Å². The monoisotopic (exact) mass is 232 g/mol. The molecule has 0 saturated heterocycles. The molecule has 0 radical (unpaired) electrons. The summed E-state index contributed by atoms with van der Waals surface area (Å²) in [6, 6.07) is 7.70. The Morgan fingerprint density at radius 2 is 2.06 bits per heavy atom. The van der Waals surface area contributed by atoms with Crippen molar-refractivity contribution in [3.63, 3.8) is 0 Å².